The second kappa shape index (κ2) is 10.8. The number of aryl methyl sites for hydroxylation is 2. The third-order valence-electron chi connectivity index (χ3n) is 5.41. The number of hydrogen-bond donors (Lipinski definition) is 2. The molecule has 0 saturated heterocycles. The lowest BCUT2D eigenvalue weighted by atomic mass is 10.1. The molecule has 0 aliphatic carbocycles. The highest BCUT2D eigenvalue weighted by Gasteiger charge is 2.15. The zero-order valence-electron chi connectivity index (χ0n) is 19.0. The molecule has 164 valence electrons. The number of nitrogens with one attached hydrogen (secondary N) is 2. The van der Waals surface area contributed by atoms with Crippen molar-refractivity contribution in [3.05, 3.63) is 53.0 Å². The number of para-hydroxylation sites is 1. The molecule has 6 nitrogen and oxygen atoms in total. The van der Waals surface area contributed by atoms with Gasteiger partial charge in [0.1, 0.15) is 0 Å². The Morgan fingerprint density at radius 3 is 2.70 bits per heavy atom. The standard InChI is InChI=1S/C23H34N6.HI/c1-7-17-9-8-10-20-18(13-26-22(17)20)11-12-25-23(24-4)28(5)14-19-15-29(6)27-21(19)16(2)3;/h8-10,13,15-16,26H,7,11-12,14H2,1-6H3,(H,24,25);1H. The molecule has 30 heavy (non-hydrogen) atoms. The van der Waals surface area contributed by atoms with E-state index in [9.17, 15) is 0 Å². The van der Waals surface area contributed by atoms with Crippen LogP contribution < -0.4 is 5.32 Å². The van der Waals surface area contributed by atoms with Crippen molar-refractivity contribution < 1.29 is 0 Å². The fraction of sp³-hybridized carbons (Fsp3) is 0.478. The summed E-state index contributed by atoms with van der Waals surface area (Å²) in [5.74, 6) is 1.31. The molecule has 7 heteroatoms. The zero-order valence-corrected chi connectivity index (χ0v) is 21.3. The van der Waals surface area contributed by atoms with Gasteiger partial charge in [0.2, 0.25) is 0 Å². The van der Waals surface area contributed by atoms with Gasteiger partial charge in [-0.3, -0.25) is 9.67 Å². The summed E-state index contributed by atoms with van der Waals surface area (Å²) in [5.41, 5.74) is 6.38. The molecule has 3 rings (SSSR count). The van der Waals surface area contributed by atoms with Gasteiger partial charge in [-0.2, -0.15) is 5.10 Å². The van der Waals surface area contributed by atoms with E-state index in [4.69, 9.17) is 0 Å². The quantitative estimate of drug-likeness (QED) is 0.274. The average molecular weight is 522 g/mol. The molecule has 0 aliphatic heterocycles. The Balaban J connectivity index is 0.00000320. The minimum Gasteiger partial charge on any atom is -0.361 e. The van der Waals surface area contributed by atoms with E-state index in [0.29, 0.717) is 5.92 Å². The van der Waals surface area contributed by atoms with Crippen molar-refractivity contribution in [1.29, 1.82) is 0 Å². The number of halogens is 1. The number of aromatic amines is 1. The number of rotatable bonds is 7. The van der Waals surface area contributed by atoms with Crippen LogP contribution in [0.2, 0.25) is 0 Å². The van der Waals surface area contributed by atoms with Gasteiger partial charge < -0.3 is 15.2 Å². The second-order valence-electron chi connectivity index (χ2n) is 7.96. The lowest BCUT2D eigenvalue weighted by Crippen LogP contribution is -2.39. The van der Waals surface area contributed by atoms with Crippen LogP contribution in [-0.4, -0.2) is 46.3 Å². The summed E-state index contributed by atoms with van der Waals surface area (Å²) in [7, 11) is 5.89. The monoisotopic (exact) mass is 522 g/mol. The van der Waals surface area contributed by atoms with Crippen LogP contribution in [0.1, 0.15) is 49.1 Å². The Morgan fingerprint density at radius 2 is 2.03 bits per heavy atom. The van der Waals surface area contributed by atoms with Gasteiger partial charge >= 0.3 is 0 Å². The van der Waals surface area contributed by atoms with Crippen LogP contribution in [0.5, 0.6) is 0 Å². The normalized spacial score (nSPS) is 11.8. The predicted molar refractivity (Wildman–Crippen MR) is 137 cm³/mol. The number of aliphatic imine (C=N–C) groups is 1. The van der Waals surface area contributed by atoms with Gasteiger partial charge in [0, 0.05) is 63.1 Å². The van der Waals surface area contributed by atoms with Gasteiger partial charge in [-0.25, -0.2) is 0 Å². The number of guanidine groups is 1. The number of hydrogen-bond acceptors (Lipinski definition) is 2. The molecular weight excluding hydrogens is 487 g/mol. The Hall–Kier alpha value is -2.03. The second-order valence-corrected chi connectivity index (χ2v) is 7.96. The first-order valence-corrected chi connectivity index (χ1v) is 10.5. The molecule has 0 fully saturated rings. The van der Waals surface area contributed by atoms with Crippen LogP contribution in [0.4, 0.5) is 0 Å². The van der Waals surface area contributed by atoms with Crippen LogP contribution in [0.25, 0.3) is 10.9 Å². The number of benzene rings is 1. The van der Waals surface area contributed by atoms with Crippen molar-refractivity contribution in [2.75, 3.05) is 20.6 Å². The van der Waals surface area contributed by atoms with Gasteiger partial charge in [0.15, 0.2) is 5.96 Å². The lowest BCUT2D eigenvalue weighted by molar-refractivity contribution is 0.474. The first-order valence-electron chi connectivity index (χ1n) is 10.5. The molecule has 2 heterocycles. The molecule has 0 amide bonds. The molecule has 1 aromatic carbocycles. The van der Waals surface area contributed by atoms with E-state index in [-0.39, 0.29) is 24.0 Å². The Morgan fingerprint density at radius 1 is 1.27 bits per heavy atom. The molecule has 3 aromatic rings. The molecule has 0 bridgehead atoms. The van der Waals surface area contributed by atoms with Gasteiger partial charge in [-0.15, -0.1) is 24.0 Å². The maximum atomic E-state index is 4.61. The van der Waals surface area contributed by atoms with Crippen molar-refractivity contribution in [1.82, 2.24) is 25.0 Å². The smallest absolute Gasteiger partial charge is 0.193 e. The van der Waals surface area contributed by atoms with Crippen molar-refractivity contribution in [3.8, 4) is 0 Å². The van der Waals surface area contributed by atoms with Crippen LogP contribution in [0, 0.1) is 0 Å². The van der Waals surface area contributed by atoms with Crippen molar-refractivity contribution in [2.24, 2.45) is 12.0 Å². The van der Waals surface area contributed by atoms with Crippen LogP contribution >= 0.6 is 24.0 Å². The van der Waals surface area contributed by atoms with Crippen molar-refractivity contribution in [3.63, 3.8) is 0 Å². The van der Waals surface area contributed by atoms with Gasteiger partial charge in [-0.1, -0.05) is 39.0 Å². The maximum absolute atomic E-state index is 4.61. The SMILES string of the molecule is CCc1cccc2c(CCNC(=NC)N(C)Cc3cn(C)nc3C(C)C)c[nH]c12.I. The molecule has 0 saturated carbocycles. The molecule has 0 spiro atoms. The third kappa shape index (κ3) is 5.36. The summed E-state index contributed by atoms with van der Waals surface area (Å²) in [5, 5.41) is 9.45. The Bertz CT molecular complexity index is 985. The Labute approximate surface area is 197 Å². The van der Waals surface area contributed by atoms with E-state index in [2.05, 4.69) is 83.7 Å². The van der Waals surface area contributed by atoms with E-state index < -0.39 is 0 Å². The predicted octanol–water partition coefficient (Wildman–Crippen LogP) is 4.46. The van der Waals surface area contributed by atoms with Gasteiger partial charge in [0.25, 0.3) is 0 Å². The highest BCUT2D eigenvalue weighted by Crippen LogP contribution is 2.22. The number of aromatic nitrogens is 3. The average Bonchev–Trinajstić information content (AvgIpc) is 3.28. The van der Waals surface area contributed by atoms with Crippen molar-refractivity contribution in [2.45, 2.75) is 46.1 Å². The molecule has 0 atom stereocenters. The Kier molecular flexibility index (Phi) is 8.76. The molecular formula is C23H35IN6. The topological polar surface area (TPSA) is 61.2 Å². The summed E-state index contributed by atoms with van der Waals surface area (Å²) < 4.78 is 1.90. The highest BCUT2D eigenvalue weighted by molar-refractivity contribution is 14.0. The lowest BCUT2D eigenvalue weighted by Gasteiger charge is -2.22. The summed E-state index contributed by atoms with van der Waals surface area (Å²) in [6.45, 7) is 8.19. The maximum Gasteiger partial charge on any atom is 0.193 e. The summed E-state index contributed by atoms with van der Waals surface area (Å²) in [6, 6.07) is 6.55. The summed E-state index contributed by atoms with van der Waals surface area (Å²) in [4.78, 5) is 10.1. The molecule has 2 N–H and O–H groups in total. The summed E-state index contributed by atoms with van der Waals surface area (Å²) in [6.07, 6.45) is 6.24. The minimum atomic E-state index is 0. The van der Waals surface area contributed by atoms with Gasteiger partial charge in [0.05, 0.1) is 5.69 Å². The van der Waals surface area contributed by atoms with E-state index in [1.165, 1.54) is 27.6 Å². The fourth-order valence-corrected chi connectivity index (χ4v) is 3.96. The van der Waals surface area contributed by atoms with E-state index in [1.54, 1.807) is 0 Å². The molecule has 0 aliphatic rings. The first-order chi connectivity index (χ1) is 13.9. The molecule has 0 unspecified atom stereocenters. The van der Waals surface area contributed by atoms with E-state index in [0.717, 1.165) is 37.6 Å². The largest absolute Gasteiger partial charge is 0.361 e. The zero-order chi connectivity index (χ0) is 21.0. The van der Waals surface area contributed by atoms with Crippen LogP contribution in [0.3, 0.4) is 0 Å². The van der Waals surface area contributed by atoms with E-state index >= 15 is 0 Å². The van der Waals surface area contributed by atoms with Crippen molar-refractivity contribution >= 4 is 40.8 Å². The van der Waals surface area contributed by atoms with Gasteiger partial charge in [-0.05, 0) is 29.9 Å². The minimum absolute atomic E-state index is 0. The van der Waals surface area contributed by atoms with Crippen LogP contribution in [0.15, 0.2) is 35.6 Å². The highest BCUT2D eigenvalue weighted by atomic mass is 127. The number of H-pyrrole nitrogens is 1. The molecule has 2 aromatic heterocycles. The fourth-order valence-electron chi connectivity index (χ4n) is 3.96. The van der Waals surface area contributed by atoms with E-state index in [1.807, 2.05) is 18.8 Å². The third-order valence-corrected chi connectivity index (χ3v) is 5.41. The summed E-state index contributed by atoms with van der Waals surface area (Å²) >= 11 is 0. The number of nitrogens with zero attached hydrogens (tertiary/aromatic N) is 4. The van der Waals surface area contributed by atoms with Crippen LogP contribution in [-0.2, 0) is 26.4 Å². The number of fused-ring (bicyclic) bond motifs is 1. The molecule has 0 radical (unpaired) electrons. The first kappa shape index (κ1) is 24.2.